The van der Waals surface area contributed by atoms with Gasteiger partial charge >= 0.3 is 327 Å². The molecule has 4 unspecified atom stereocenters. The second-order valence-electron chi connectivity index (χ2n) is 17.3. The molecule has 0 bridgehead atoms. The first-order valence-electron chi connectivity index (χ1n) is 20.1. The Morgan fingerprint density at radius 3 is 1.25 bits per heavy atom. The number of halogens is 2. The van der Waals surface area contributed by atoms with Crippen LogP contribution in [0.25, 0.3) is 34.4 Å². The van der Waals surface area contributed by atoms with Gasteiger partial charge in [0, 0.05) is 0 Å². The number of hydrogen-bond acceptors (Lipinski definition) is 0. The Hall–Kier alpha value is -1.96. The molecule has 0 spiro atoms. The van der Waals surface area contributed by atoms with Gasteiger partial charge in [0.2, 0.25) is 0 Å². The van der Waals surface area contributed by atoms with Crippen LogP contribution in [0, 0.1) is 23.7 Å². The van der Waals surface area contributed by atoms with Crippen molar-refractivity contribution in [1.29, 1.82) is 0 Å². The van der Waals surface area contributed by atoms with Crippen molar-refractivity contribution in [2.45, 2.75) is 101 Å². The second-order valence-corrected chi connectivity index (χ2v) is 59.8. The summed E-state index contributed by atoms with van der Waals surface area (Å²) in [4.78, 5) is 0. The molecule has 52 heavy (non-hydrogen) atoms. The molecule has 4 aromatic carbocycles. The molecule has 0 saturated heterocycles. The summed E-state index contributed by atoms with van der Waals surface area (Å²) in [5.74, 6) is 0.240. The van der Waals surface area contributed by atoms with Gasteiger partial charge in [-0.2, -0.15) is 0 Å². The van der Waals surface area contributed by atoms with Crippen LogP contribution in [0.5, 0.6) is 0 Å². The molecule has 0 radical (unpaired) electrons. The summed E-state index contributed by atoms with van der Waals surface area (Å²) in [7, 11) is 17.9. The zero-order valence-corrected chi connectivity index (χ0v) is 38.5. The van der Waals surface area contributed by atoms with E-state index in [0.717, 1.165) is 25.7 Å². The molecule has 275 valence electrons. The number of benzene rings is 4. The van der Waals surface area contributed by atoms with Gasteiger partial charge in [0.25, 0.3) is 0 Å². The molecule has 0 aliphatic heterocycles. The normalized spacial score (nSPS) is 18.9. The average Bonchev–Trinajstić information content (AvgIpc) is 3.72. The van der Waals surface area contributed by atoms with E-state index in [1.54, 1.807) is 0 Å². The van der Waals surface area contributed by atoms with Crippen molar-refractivity contribution in [3.63, 3.8) is 0 Å². The molecule has 4 atom stereocenters. The van der Waals surface area contributed by atoms with Crippen LogP contribution < -0.4 is 0 Å². The van der Waals surface area contributed by atoms with Crippen LogP contribution >= 0.6 is 17.0 Å². The van der Waals surface area contributed by atoms with Gasteiger partial charge in [0.1, 0.15) is 0 Å². The van der Waals surface area contributed by atoms with E-state index in [0.29, 0.717) is 23.7 Å². The van der Waals surface area contributed by atoms with Gasteiger partial charge in [0.05, 0.1) is 0 Å². The topological polar surface area (TPSA) is 0 Å². The zero-order chi connectivity index (χ0) is 37.6. The number of fused-ring (bicyclic) bond motifs is 2. The SMILES string of the molecule is CCC(C)C1=Cc2c(-c3ccccc3CC(C)C)cccc2[CH]1[Zr]([Cl])([Cl])([CH]1C(C(C)CC)=Cc2c(-c3ccccc3CC(C)C)cccc21)[SiH](C)C. The Labute approximate surface area is 324 Å². The van der Waals surface area contributed by atoms with Gasteiger partial charge < -0.3 is 0 Å². The van der Waals surface area contributed by atoms with Gasteiger partial charge in [-0.05, 0) is 0 Å². The fourth-order valence-electron chi connectivity index (χ4n) is 9.51. The average molecular weight is 828 g/mol. The van der Waals surface area contributed by atoms with Crippen LogP contribution in [0.4, 0.5) is 0 Å². The van der Waals surface area contributed by atoms with E-state index in [2.05, 4.69) is 166 Å². The van der Waals surface area contributed by atoms with Crippen molar-refractivity contribution in [3.8, 4) is 22.3 Å². The quantitative estimate of drug-likeness (QED) is 0.118. The Balaban J connectivity index is 1.63. The molecule has 0 amide bonds. The molecular formula is C48H61Cl2SiZr. The first-order chi connectivity index (χ1) is 24.7. The molecule has 0 aromatic heterocycles. The summed E-state index contributed by atoms with van der Waals surface area (Å²) in [5.41, 5.74) is 16.7. The van der Waals surface area contributed by atoms with Crippen LogP contribution in [0.2, 0.25) is 13.1 Å². The monoisotopic (exact) mass is 825 g/mol. The fraction of sp³-hybridized carbons (Fsp3) is 0.417. The van der Waals surface area contributed by atoms with E-state index in [4.69, 9.17) is 17.0 Å². The maximum atomic E-state index is 8.94. The number of allylic oxidation sites excluding steroid dienone is 2. The molecule has 0 saturated carbocycles. The molecule has 6 rings (SSSR count). The van der Waals surface area contributed by atoms with E-state index in [9.17, 15) is 0 Å². The first kappa shape index (κ1) is 39.7. The second kappa shape index (κ2) is 15.6. The minimum absolute atomic E-state index is 0.0823. The van der Waals surface area contributed by atoms with Crippen molar-refractivity contribution in [3.05, 3.63) is 129 Å². The van der Waals surface area contributed by atoms with Crippen molar-refractivity contribution in [2.75, 3.05) is 0 Å². The molecule has 0 nitrogen and oxygen atoms in total. The molecule has 0 N–H and O–H groups in total. The molecule has 0 fully saturated rings. The van der Waals surface area contributed by atoms with Crippen molar-refractivity contribution in [2.24, 2.45) is 23.7 Å². The molecule has 2 aliphatic rings. The van der Waals surface area contributed by atoms with Gasteiger partial charge in [-0.1, -0.05) is 0 Å². The minimum atomic E-state index is -4.98. The third kappa shape index (κ3) is 6.91. The van der Waals surface area contributed by atoms with E-state index < -0.39 is 21.5 Å². The molecule has 4 aromatic rings. The molecule has 4 heteroatoms. The third-order valence-electron chi connectivity index (χ3n) is 12.6. The predicted molar refractivity (Wildman–Crippen MR) is 232 cm³/mol. The Bertz CT molecular complexity index is 1860. The van der Waals surface area contributed by atoms with Crippen LogP contribution in [0.1, 0.15) is 109 Å². The standard InChI is InChI=1S/2C23H27.C2H7Si.2ClH.Zr/c2*1-5-17(4)20-14-19-10-8-12-22(23(19)15-20)21-11-7-6-9-18(21)13-16(2)3;1-3-2;;;/h2*6-12,14-17H,5,13H2,1-4H3;3H,1-2H3;2*1H;/q;;;;;+2/p-2. The Kier molecular flexibility index (Phi) is 12.0. The third-order valence-corrected chi connectivity index (χ3v) is 64.3. The van der Waals surface area contributed by atoms with E-state index in [1.165, 1.54) is 66.8 Å². The van der Waals surface area contributed by atoms with E-state index >= 15 is 0 Å². The van der Waals surface area contributed by atoms with Crippen molar-refractivity contribution < 1.29 is 15.6 Å². The van der Waals surface area contributed by atoms with Gasteiger partial charge in [-0.25, -0.2) is 0 Å². The molecule has 2 aliphatic carbocycles. The van der Waals surface area contributed by atoms with E-state index in [-0.39, 0.29) is 7.25 Å². The van der Waals surface area contributed by atoms with Crippen molar-refractivity contribution in [1.82, 2.24) is 0 Å². The van der Waals surface area contributed by atoms with Gasteiger partial charge in [0.15, 0.2) is 0 Å². The molecule has 0 heterocycles. The fourth-order valence-corrected chi connectivity index (χ4v) is 40.8. The maximum absolute atomic E-state index is 8.94. The van der Waals surface area contributed by atoms with E-state index in [1.807, 2.05) is 0 Å². The van der Waals surface area contributed by atoms with Crippen LogP contribution in [0.15, 0.2) is 96.1 Å². The predicted octanol–water partition coefficient (Wildman–Crippen LogP) is 15.1. The van der Waals surface area contributed by atoms with Gasteiger partial charge in [-0.3, -0.25) is 0 Å². The first-order valence-corrected chi connectivity index (χ1v) is 36.5. The molecular weight excluding hydrogens is 767 g/mol. The van der Waals surface area contributed by atoms with Crippen LogP contribution in [-0.4, -0.2) is 5.92 Å². The van der Waals surface area contributed by atoms with Crippen LogP contribution in [-0.2, 0) is 28.4 Å². The number of rotatable bonds is 13. The Morgan fingerprint density at radius 1 is 0.538 bits per heavy atom. The summed E-state index contributed by atoms with van der Waals surface area (Å²) in [6.07, 6.45) is 9.38. The summed E-state index contributed by atoms with van der Waals surface area (Å²) in [6.45, 7) is 23.8. The summed E-state index contributed by atoms with van der Waals surface area (Å²) in [5, 5.41) is 0. The zero-order valence-electron chi connectivity index (χ0n) is 33.4. The summed E-state index contributed by atoms with van der Waals surface area (Å²) in [6, 6.07) is 32.2. The summed E-state index contributed by atoms with van der Waals surface area (Å²) >= 11 is -4.98. The Morgan fingerprint density at radius 2 is 0.904 bits per heavy atom. The summed E-state index contributed by atoms with van der Waals surface area (Å²) < 4.78 is 0.165. The van der Waals surface area contributed by atoms with Gasteiger partial charge in [-0.15, -0.1) is 0 Å². The van der Waals surface area contributed by atoms with Crippen LogP contribution in [0.3, 0.4) is 0 Å². The van der Waals surface area contributed by atoms with Crippen molar-refractivity contribution >= 4 is 35.1 Å². The number of hydrogen-bond donors (Lipinski definition) is 0.